The van der Waals surface area contributed by atoms with Crippen LogP contribution in [0.25, 0.3) is 0 Å². The van der Waals surface area contributed by atoms with E-state index in [-0.39, 0.29) is 11.9 Å². The number of rotatable bonds is 3. The van der Waals surface area contributed by atoms with E-state index < -0.39 is 0 Å². The maximum Gasteiger partial charge on any atom is 0.120 e. The minimum absolute atomic E-state index is 0.184. The number of ether oxygens (including phenoxy) is 2. The Morgan fingerprint density at radius 1 is 1.67 bits per heavy atom. The fourth-order valence-corrected chi connectivity index (χ4v) is 1.10. The van der Waals surface area contributed by atoms with Crippen LogP contribution in [0.2, 0.25) is 0 Å². The molecule has 0 spiro atoms. The van der Waals surface area contributed by atoms with E-state index >= 15 is 0 Å². The van der Waals surface area contributed by atoms with Gasteiger partial charge in [0, 0.05) is 19.6 Å². The van der Waals surface area contributed by atoms with Gasteiger partial charge in [-0.05, 0) is 13.0 Å². The van der Waals surface area contributed by atoms with Crippen LogP contribution in [0.5, 0.6) is 0 Å². The lowest BCUT2D eigenvalue weighted by atomic mass is 10.1. The van der Waals surface area contributed by atoms with Crippen molar-refractivity contribution in [2.45, 2.75) is 19.4 Å². The fourth-order valence-electron chi connectivity index (χ4n) is 1.10. The molecule has 0 amide bonds. The summed E-state index contributed by atoms with van der Waals surface area (Å²) in [7, 11) is 1.56. The Kier molecular flexibility index (Phi) is 3.29. The first-order valence-corrected chi connectivity index (χ1v) is 3.99. The van der Waals surface area contributed by atoms with Gasteiger partial charge in [0.15, 0.2) is 0 Å². The van der Waals surface area contributed by atoms with Crippen LogP contribution in [0.15, 0.2) is 23.7 Å². The van der Waals surface area contributed by atoms with Gasteiger partial charge in [-0.25, -0.2) is 4.39 Å². The lowest BCUT2D eigenvalue weighted by molar-refractivity contribution is 0.125. The third-order valence-electron chi connectivity index (χ3n) is 1.66. The summed E-state index contributed by atoms with van der Waals surface area (Å²) in [6, 6.07) is 0. The molecular formula is C9H13FO2. The third kappa shape index (κ3) is 2.34. The van der Waals surface area contributed by atoms with Crippen molar-refractivity contribution in [3.8, 4) is 0 Å². The van der Waals surface area contributed by atoms with Crippen LogP contribution >= 0.6 is 0 Å². The Hall–Kier alpha value is -0.830. The molecule has 0 aromatic heterocycles. The van der Waals surface area contributed by atoms with Crippen LogP contribution in [-0.2, 0) is 9.47 Å². The number of allylic oxidation sites excluding steroid dienone is 1. The van der Waals surface area contributed by atoms with E-state index in [9.17, 15) is 4.39 Å². The molecule has 0 aliphatic heterocycles. The zero-order valence-corrected chi connectivity index (χ0v) is 7.34. The Morgan fingerprint density at radius 3 is 3.00 bits per heavy atom. The van der Waals surface area contributed by atoms with Crippen molar-refractivity contribution in [2.24, 2.45) is 0 Å². The molecular weight excluding hydrogens is 159 g/mol. The first-order valence-electron chi connectivity index (χ1n) is 3.99. The minimum atomic E-state index is -0.187. The summed E-state index contributed by atoms with van der Waals surface area (Å²) in [5, 5.41) is 0. The monoisotopic (exact) mass is 172 g/mol. The molecule has 0 aromatic carbocycles. The van der Waals surface area contributed by atoms with Gasteiger partial charge in [0.05, 0.1) is 12.7 Å². The molecule has 0 heterocycles. The van der Waals surface area contributed by atoms with Gasteiger partial charge >= 0.3 is 0 Å². The maximum atomic E-state index is 12.9. The second-order valence-electron chi connectivity index (χ2n) is 2.57. The number of hydrogen-bond donors (Lipinski definition) is 0. The van der Waals surface area contributed by atoms with Gasteiger partial charge in [0.2, 0.25) is 0 Å². The highest BCUT2D eigenvalue weighted by Gasteiger charge is 2.14. The smallest absolute Gasteiger partial charge is 0.120 e. The molecule has 0 bridgehead atoms. The van der Waals surface area contributed by atoms with Gasteiger partial charge in [-0.3, -0.25) is 0 Å². The standard InChI is InChI=1S/C9H13FO2/c1-3-12-9-5-7(10)4-8(6-9)11-2/h5-6,8H,3-4H2,1-2H3. The molecule has 0 fully saturated rings. The van der Waals surface area contributed by atoms with E-state index in [2.05, 4.69) is 0 Å². The molecule has 0 N–H and O–H groups in total. The van der Waals surface area contributed by atoms with Crippen molar-refractivity contribution < 1.29 is 13.9 Å². The van der Waals surface area contributed by atoms with E-state index in [1.54, 1.807) is 13.2 Å². The van der Waals surface area contributed by atoms with Crippen molar-refractivity contribution >= 4 is 0 Å². The number of halogens is 1. The Morgan fingerprint density at radius 2 is 2.42 bits per heavy atom. The second-order valence-corrected chi connectivity index (χ2v) is 2.57. The predicted octanol–water partition coefficient (Wildman–Crippen LogP) is 2.18. The normalized spacial score (nSPS) is 23.1. The molecule has 0 saturated carbocycles. The average molecular weight is 172 g/mol. The summed E-state index contributed by atoms with van der Waals surface area (Å²) in [6.07, 6.45) is 3.31. The van der Waals surface area contributed by atoms with E-state index in [1.165, 1.54) is 6.08 Å². The molecule has 2 nitrogen and oxygen atoms in total. The van der Waals surface area contributed by atoms with Crippen molar-refractivity contribution in [3.63, 3.8) is 0 Å². The van der Waals surface area contributed by atoms with E-state index in [0.717, 1.165) is 0 Å². The second kappa shape index (κ2) is 4.26. The highest BCUT2D eigenvalue weighted by molar-refractivity contribution is 5.22. The predicted molar refractivity (Wildman–Crippen MR) is 44.3 cm³/mol. The van der Waals surface area contributed by atoms with Crippen LogP contribution < -0.4 is 0 Å². The van der Waals surface area contributed by atoms with Crippen molar-refractivity contribution in [1.29, 1.82) is 0 Å². The van der Waals surface area contributed by atoms with Crippen LogP contribution in [0.4, 0.5) is 4.39 Å². The number of methoxy groups -OCH3 is 1. The Labute approximate surface area is 71.7 Å². The van der Waals surface area contributed by atoms with Crippen LogP contribution in [-0.4, -0.2) is 19.8 Å². The fraction of sp³-hybridized carbons (Fsp3) is 0.556. The van der Waals surface area contributed by atoms with Gasteiger partial charge in [-0.15, -0.1) is 0 Å². The molecule has 1 atom stereocenters. The highest BCUT2D eigenvalue weighted by Crippen LogP contribution is 2.20. The molecule has 1 unspecified atom stereocenters. The van der Waals surface area contributed by atoms with Gasteiger partial charge in [0.25, 0.3) is 0 Å². The van der Waals surface area contributed by atoms with Crippen molar-refractivity contribution in [2.75, 3.05) is 13.7 Å². The molecule has 0 aromatic rings. The van der Waals surface area contributed by atoms with Gasteiger partial charge in [-0.1, -0.05) is 0 Å². The average Bonchev–Trinajstić information content (AvgIpc) is 2.04. The SMILES string of the molecule is CCOC1=CC(OC)CC(F)=C1. The molecule has 12 heavy (non-hydrogen) atoms. The summed E-state index contributed by atoms with van der Waals surface area (Å²) >= 11 is 0. The van der Waals surface area contributed by atoms with Gasteiger partial charge < -0.3 is 9.47 Å². The molecule has 0 saturated heterocycles. The van der Waals surface area contributed by atoms with Crippen LogP contribution in [0.1, 0.15) is 13.3 Å². The minimum Gasteiger partial charge on any atom is -0.494 e. The van der Waals surface area contributed by atoms with E-state index in [1.807, 2.05) is 6.92 Å². The summed E-state index contributed by atoms with van der Waals surface area (Å²) in [5.41, 5.74) is 0. The topological polar surface area (TPSA) is 18.5 Å². The van der Waals surface area contributed by atoms with E-state index in [4.69, 9.17) is 9.47 Å². The highest BCUT2D eigenvalue weighted by atomic mass is 19.1. The summed E-state index contributed by atoms with van der Waals surface area (Å²) in [6.45, 7) is 2.41. The largest absolute Gasteiger partial charge is 0.494 e. The van der Waals surface area contributed by atoms with Gasteiger partial charge in [0.1, 0.15) is 11.6 Å². The first kappa shape index (κ1) is 9.26. The molecule has 1 rings (SSSR count). The maximum absolute atomic E-state index is 12.9. The Bertz CT molecular complexity index is 209. The quantitative estimate of drug-likeness (QED) is 0.649. The third-order valence-corrected chi connectivity index (χ3v) is 1.66. The van der Waals surface area contributed by atoms with Crippen LogP contribution in [0, 0.1) is 0 Å². The zero-order chi connectivity index (χ0) is 8.97. The van der Waals surface area contributed by atoms with Crippen molar-refractivity contribution in [3.05, 3.63) is 23.7 Å². The van der Waals surface area contributed by atoms with Gasteiger partial charge in [-0.2, -0.15) is 0 Å². The molecule has 3 heteroatoms. The molecule has 0 radical (unpaired) electrons. The molecule has 1 aliphatic carbocycles. The van der Waals surface area contributed by atoms with Crippen LogP contribution in [0.3, 0.4) is 0 Å². The number of hydrogen-bond acceptors (Lipinski definition) is 2. The lowest BCUT2D eigenvalue weighted by Gasteiger charge is -2.16. The first-order chi connectivity index (χ1) is 5.76. The summed E-state index contributed by atoms with van der Waals surface area (Å²) < 4.78 is 23.0. The molecule has 68 valence electrons. The molecule has 1 aliphatic rings. The lowest BCUT2D eigenvalue weighted by Crippen LogP contribution is -2.12. The van der Waals surface area contributed by atoms with E-state index in [0.29, 0.717) is 18.8 Å². The zero-order valence-electron chi connectivity index (χ0n) is 7.34. The summed E-state index contributed by atoms with van der Waals surface area (Å²) in [4.78, 5) is 0. The summed E-state index contributed by atoms with van der Waals surface area (Å²) in [5.74, 6) is 0.376. The Balaban J connectivity index is 2.63. The van der Waals surface area contributed by atoms with Crippen molar-refractivity contribution in [1.82, 2.24) is 0 Å².